The van der Waals surface area contributed by atoms with Crippen LogP contribution in [0.1, 0.15) is 130 Å². The van der Waals surface area contributed by atoms with Crippen LogP contribution in [0.5, 0.6) is 0 Å². The number of nitrogens with two attached hydrogens (primary N) is 1. The summed E-state index contributed by atoms with van der Waals surface area (Å²) in [5.74, 6) is -0.862. The van der Waals surface area contributed by atoms with Crippen molar-refractivity contribution in [3.05, 3.63) is 0 Å². The van der Waals surface area contributed by atoms with E-state index in [0.717, 1.165) is 12.8 Å². The summed E-state index contributed by atoms with van der Waals surface area (Å²) in [5, 5.41) is 0. The van der Waals surface area contributed by atoms with Crippen LogP contribution in [0, 0.1) is 0 Å². The first-order valence-corrected chi connectivity index (χ1v) is 11.7. The second-order valence-electron chi connectivity index (χ2n) is 7.73. The first kappa shape index (κ1) is 25.9. The molecule has 0 radical (unpaired) electrons. The molecule has 0 spiro atoms. The van der Waals surface area contributed by atoms with Gasteiger partial charge in [-0.05, 0) is 20.3 Å². The fourth-order valence-corrected chi connectivity index (χ4v) is 3.59. The summed E-state index contributed by atoms with van der Waals surface area (Å²) in [6.45, 7) is 7.43. The van der Waals surface area contributed by atoms with Crippen LogP contribution >= 0.6 is 0 Å². The van der Waals surface area contributed by atoms with E-state index in [1.165, 1.54) is 96.3 Å². The minimum atomic E-state index is -0.862. The molecule has 0 aromatic heterocycles. The Hall–Kier alpha value is -0.120. The van der Waals surface area contributed by atoms with Crippen molar-refractivity contribution in [3.8, 4) is 0 Å². The second-order valence-corrected chi connectivity index (χ2v) is 7.73. The van der Waals surface area contributed by atoms with Gasteiger partial charge in [-0.15, -0.1) is 0 Å². The van der Waals surface area contributed by atoms with Gasteiger partial charge in [0.25, 0.3) is 0 Å². The Kier molecular flexibility index (Phi) is 19.5. The first-order chi connectivity index (χ1) is 12.7. The summed E-state index contributed by atoms with van der Waals surface area (Å²) in [7, 11) is 0. The van der Waals surface area contributed by atoms with Gasteiger partial charge in [0.1, 0.15) is 0 Å². The van der Waals surface area contributed by atoms with E-state index in [0.29, 0.717) is 13.2 Å². The van der Waals surface area contributed by atoms with Crippen LogP contribution in [-0.2, 0) is 9.47 Å². The quantitative estimate of drug-likeness (QED) is 0.170. The van der Waals surface area contributed by atoms with Crippen LogP contribution in [0.15, 0.2) is 0 Å². The molecule has 2 N–H and O–H groups in total. The minimum Gasteiger partial charge on any atom is -0.338 e. The zero-order valence-corrected chi connectivity index (χ0v) is 18.3. The maximum Gasteiger partial charge on any atom is 0.224 e. The molecule has 3 heteroatoms. The highest BCUT2D eigenvalue weighted by Gasteiger charge is 2.24. The molecule has 0 aliphatic carbocycles. The molecule has 26 heavy (non-hydrogen) atoms. The predicted octanol–water partition coefficient (Wildman–Crippen LogP) is 7.32. The molecule has 0 aromatic rings. The van der Waals surface area contributed by atoms with E-state index in [1.54, 1.807) is 0 Å². The summed E-state index contributed by atoms with van der Waals surface area (Å²) in [4.78, 5) is 0. The highest BCUT2D eigenvalue weighted by Crippen LogP contribution is 2.18. The highest BCUT2D eigenvalue weighted by atomic mass is 16.7. The Morgan fingerprint density at radius 1 is 0.500 bits per heavy atom. The molecule has 0 atom stereocenters. The Labute approximate surface area is 164 Å². The van der Waals surface area contributed by atoms with E-state index in [4.69, 9.17) is 15.2 Å². The summed E-state index contributed by atoms with van der Waals surface area (Å²) >= 11 is 0. The minimum absolute atomic E-state index is 0.607. The maximum absolute atomic E-state index is 6.14. The maximum atomic E-state index is 6.14. The molecule has 3 nitrogen and oxygen atoms in total. The summed E-state index contributed by atoms with van der Waals surface area (Å²) in [6, 6.07) is 0. The third kappa shape index (κ3) is 17.3. The molecule has 158 valence electrons. The number of rotatable bonds is 21. The van der Waals surface area contributed by atoms with Gasteiger partial charge >= 0.3 is 0 Å². The van der Waals surface area contributed by atoms with Gasteiger partial charge in [0, 0.05) is 19.6 Å². The van der Waals surface area contributed by atoms with Crippen LogP contribution in [-0.4, -0.2) is 19.1 Å². The average Bonchev–Trinajstić information content (AvgIpc) is 2.62. The van der Waals surface area contributed by atoms with Gasteiger partial charge < -0.3 is 9.47 Å². The Morgan fingerprint density at radius 3 is 1.12 bits per heavy atom. The van der Waals surface area contributed by atoms with Crippen molar-refractivity contribution in [2.45, 2.75) is 136 Å². The van der Waals surface area contributed by atoms with Crippen LogP contribution < -0.4 is 5.73 Å². The lowest BCUT2D eigenvalue weighted by molar-refractivity contribution is -0.233. The summed E-state index contributed by atoms with van der Waals surface area (Å²) in [5.41, 5.74) is 6.14. The van der Waals surface area contributed by atoms with Crippen molar-refractivity contribution in [1.29, 1.82) is 0 Å². The number of ether oxygens (including phenoxy) is 2. The van der Waals surface area contributed by atoms with Gasteiger partial charge in [0.15, 0.2) is 0 Å². The Morgan fingerprint density at radius 2 is 0.808 bits per heavy atom. The number of hydrogen-bond donors (Lipinski definition) is 1. The van der Waals surface area contributed by atoms with E-state index < -0.39 is 5.91 Å². The molecular formula is C23H49NO2. The number of hydrogen-bond acceptors (Lipinski definition) is 3. The SMILES string of the molecule is CCCCCCCCCCCCCCCCCCC(N)(OCC)OCC. The lowest BCUT2D eigenvalue weighted by atomic mass is 10.0. The van der Waals surface area contributed by atoms with E-state index in [2.05, 4.69) is 6.92 Å². The largest absolute Gasteiger partial charge is 0.338 e. The standard InChI is InChI=1S/C23H49NO2/c1-4-7-8-9-10-11-12-13-14-15-16-17-18-19-20-21-22-23(24,25-5-2)26-6-3/h4-22,24H2,1-3H3. The molecule has 0 amide bonds. The normalized spacial score (nSPS) is 12.0. The molecule has 0 bridgehead atoms. The summed E-state index contributed by atoms with van der Waals surface area (Å²) in [6.07, 6.45) is 22.9. The molecule has 0 saturated carbocycles. The molecule has 0 aliphatic rings. The van der Waals surface area contributed by atoms with Gasteiger partial charge in [0.05, 0.1) is 0 Å². The van der Waals surface area contributed by atoms with Crippen molar-refractivity contribution in [3.63, 3.8) is 0 Å². The first-order valence-electron chi connectivity index (χ1n) is 11.7. The molecular weight excluding hydrogens is 322 g/mol. The van der Waals surface area contributed by atoms with Crippen LogP contribution in [0.3, 0.4) is 0 Å². The van der Waals surface area contributed by atoms with Crippen molar-refractivity contribution >= 4 is 0 Å². The van der Waals surface area contributed by atoms with Gasteiger partial charge in [-0.2, -0.15) is 0 Å². The molecule has 0 heterocycles. The van der Waals surface area contributed by atoms with Crippen LogP contribution in [0.25, 0.3) is 0 Å². The van der Waals surface area contributed by atoms with E-state index in [1.807, 2.05) is 13.8 Å². The fourth-order valence-electron chi connectivity index (χ4n) is 3.59. The van der Waals surface area contributed by atoms with Gasteiger partial charge in [-0.3, -0.25) is 5.73 Å². The van der Waals surface area contributed by atoms with Crippen LogP contribution in [0.4, 0.5) is 0 Å². The van der Waals surface area contributed by atoms with Crippen molar-refractivity contribution in [2.24, 2.45) is 5.73 Å². The highest BCUT2D eigenvalue weighted by molar-refractivity contribution is 4.61. The van der Waals surface area contributed by atoms with Crippen molar-refractivity contribution in [2.75, 3.05) is 13.2 Å². The van der Waals surface area contributed by atoms with Gasteiger partial charge in [-0.25, -0.2) is 0 Å². The fraction of sp³-hybridized carbons (Fsp3) is 1.00. The average molecular weight is 372 g/mol. The summed E-state index contributed by atoms with van der Waals surface area (Å²) < 4.78 is 11.1. The van der Waals surface area contributed by atoms with Crippen LogP contribution in [0.2, 0.25) is 0 Å². The topological polar surface area (TPSA) is 44.5 Å². The lowest BCUT2D eigenvalue weighted by Crippen LogP contribution is -2.45. The molecule has 0 rings (SSSR count). The lowest BCUT2D eigenvalue weighted by Gasteiger charge is -2.28. The van der Waals surface area contributed by atoms with Gasteiger partial charge in [0.2, 0.25) is 5.91 Å². The molecule has 0 fully saturated rings. The Bertz CT molecular complexity index is 265. The second kappa shape index (κ2) is 19.6. The monoisotopic (exact) mass is 371 g/mol. The molecule has 0 aliphatic heterocycles. The van der Waals surface area contributed by atoms with Crippen molar-refractivity contribution in [1.82, 2.24) is 0 Å². The van der Waals surface area contributed by atoms with E-state index in [-0.39, 0.29) is 0 Å². The smallest absolute Gasteiger partial charge is 0.224 e. The Balaban J connectivity index is 3.26. The zero-order chi connectivity index (χ0) is 19.3. The predicted molar refractivity (Wildman–Crippen MR) is 114 cm³/mol. The van der Waals surface area contributed by atoms with E-state index in [9.17, 15) is 0 Å². The molecule has 0 unspecified atom stereocenters. The van der Waals surface area contributed by atoms with E-state index >= 15 is 0 Å². The number of unbranched alkanes of at least 4 members (excludes halogenated alkanes) is 15. The zero-order valence-electron chi connectivity index (χ0n) is 18.3. The van der Waals surface area contributed by atoms with Gasteiger partial charge in [-0.1, -0.05) is 103 Å². The van der Waals surface area contributed by atoms with Crippen molar-refractivity contribution < 1.29 is 9.47 Å². The molecule has 0 aromatic carbocycles. The third-order valence-corrected chi connectivity index (χ3v) is 5.16. The molecule has 0 saturated heterocycles. The third-order valence-electron chi connectivity index (χ3n) is 5.16.